The molecule has 2 unspecified atom stereocenters. The molecular weight excluding hydrogens is 222 g/mol. The number of ether oxygens (including phenoxy) is 1. The van der Waals surface area contributed by atoms with Crippen LogP contribution in [0.15, 0.2) is 0 Å². The highest BCUT2D eigenvalue weighted by Gasteiger charge is 2.35. The molecule has 5 heteroatoms. The number of carboxylic acid groups (broad SMARTS) is 1. The molecule has 1 fully saturated rings. The van der Waals surface area contributed by atoms with E-state index in [0.717, 1.165) is 19.3 Å². The van der Waals surface area contributed by atoms with Gasteiger partial charge in [-0.3, -0.25) is 4.79 Å². The SMILES string of the molecule is CCCCCN(C)C(=O)C1CCC(C(=O)O)O1. The first kappa shape index (κ1) is 14.0. The van der Waals surface area contributed by atoms with Crippen LogP contribution in [0.1, 0.15) is 39.0 Å². The Kier molecular flexibility index (Phi) is 5.41. The summed E-state index contributed by atoms with van der Waals surface area (Å²) >= 11 is 0. The van der Waals surface area contributed by atoms with Gasteiger partial charge in [0, 0.05) is 13.6 Å². The summed E-state index contributed by atoms with van der Waals surface area (Å²) in [5.74, 6) is -1.07. The van der Waals surface area contributed by atoms with Gasteiger partial charge in [0.05, 0.1) is 0 Å². The molecule has 0 aliphatic carbocycles. The molecule has 0 bridgehead atoms. The average molecular weight is 243 g/mol. The topological polar surface area (TPSA) is 66.8 Å². The molecule has 98 valence electrons. The fourth-order valence-corrected chi connectivity index (χ4v) is 1.96. The van der Waals surface area contributed by atoms with Gasteiger partial charge in [-0.05, 0) is 19.3 Å². The molecule has 0 saturated carbocycles. The van der Waals surface area contributed by atoms with Gasteiger partial charge >= 0.3 is 5.97 Å². The molecule has 0 aromatic heterocycles. The predicted octanol–water partition coefficient (Wildman–Crippen LogP) is 1.27. The van der Waals surface area contributed by atoms with E-state index in [9.17, 15) is 9.59 Å². The van der Waals surface area contributed by atoms with Gasteiger partial charge in [0.2, 0.25) is 0 Å². The largest absolute Gasteiger partial charge is 0.479 e. The Labute approximate surface area is 102 Å². The van der Waals surface area contributed by atoms with E-state index in [4.69, 9.17) is 9.84 Å². The molecule has 2 atom stereocenters. The van der Waals surface area contributed by atoms with Crippen LogP contribution in [0.3, 0.4) is 0 Å². The molecule has 0 radical (unpaired) electrons. The van der Waals surface area contributed by atoms with Crippen LogP contribution in [0.4, 0.5) is 0 Å². The number of aliphatic carboxylic acids is 1. The summed E-state index contributed by atoms with van der Waals surface area (Å²) in [5.41, 5.74) is 0. The number of amides is 1. The van der Waals surface area contributed by atoms with E-state index < -0.39 is 18.2 Å². The zero-order chi connectivity index (χ0) is 12.8. The van der Waals surface area contributed by atoms with Crippen molar-refractivity contribution < 1.29 is 19.4 Å². The van der Waals surface area contributed by atoms with Crippen molar-refractivity contribution in [3.05, 3.63) is 0 Å². The van der Waals surface area contributed by atoms with E-state index in [2.05, 4.69) is 6.92 Å². The molecule has 1 N–H and O–H groups in total. The second kappa shape index (κ2) is 6.59. The number of unbranched alkanes of at least 4 members (excludes halogenated alkanes) is 2. The molecule has 1 heterocycles. The monoisotopic (exact) mass is 243 g/mol. The van der Waals surface area contributed by atoms with Gasteiger partial charge in [0.15, 0.2) is 6.10 Å². The van der Waals surface area contributed by atoms with E-state index in [0.29, 0.717) is 19.4 Å². The van der Waals surface area contributed by atoms with Crippen molar-refractivity contribution in [3.63, 3.8) is 0 Å². The summed E-state index contributed by atoms with van der Waals surface area (Å²) in [6.45, 7) is 2.82. The maximum absolute atomic E-state index is 11.9. The molecule has 1 rings (SSSR count). The fourth-order valence-electron chi connectivity index (χ4n) is 1.96. The predicted molar refractivity (Wildman–Crippen MR) is 62.7 cm³/mol. The van der Waals surface area contributed by atoms with Crippen molar-refractivity contribution in [1.29, 1.82) is 0 Å². The van der Waals surface area contributed by atoms with E-state index >= 15 is 0 Å². The van der Waals surface area contributed by atoms with Crippen LogP contribution in [-0.2, 0) is 14.3 Å². The quantitative estimate of drug-likeness (QED) is 0.713. The van der Waals surface area contributed by atoms with Gasteiger partial charge in [0.25, 0.3) is 5.91 Å². The molecule has 0 aromatic rings. The van der Waals surface area contributed by atoms with Crippen LogP contribution >= 0.6 is 0 Å². The number of nitrogens with zero attached hydrogens (tertiary/aromatic N) is 1. The number of hydrogen-bond donors (Lipinski definition) is 1. The summed E-state index contributed by atoms with van der Waals surface area (Å²) < 4.78 is 5.22. The van der Waals surface area contributed by atoms with Gasteiger partial charge in [-0.2, -0.15) is 0 Å². The summed E-state index contributed by atoms with van der Waals surface area (Å²) in [6, 6.07) is 0. The van der Waals surface area contributed by atoms with E-state index in [1.807, 2.05) is 0 Å². The lowest BCUT2D eigenvalue weighted by Gasteiger charge is -2.20. The van der Waals surface area contributed by atoms with Gasteiger partial charge in [-0.1, -0.05) is 19.8 Å². The third-order valence-electron chi connectivity index (χ3n) is 3.04. The second-order valence-corrected chi connectivity index (χ2v) is 4.50. The van der Waals surface area contributed by atoms with Crippen LogP contribution in [0.25, 0.3) is 0 Å². The fraction of sp³-hybridized carbons (Fsp3) is 0.833. The molecule has 1 amide bonds. The number of rotatable bonds is 6. The van der Waals surface area contributed by atoms with Crippen molar-refractivity contribution in [2.45, 2.75) is 51.2 Å². The molecule has 0 aromatic carbocycles. The zero-order valence-electron chi connectivity index (χ0n) is 10.5. The molecule has 1 aliphatic rings. The lowest BCUT2D eigenvalue weighted by atomic mass is 10.1. The third kappa shape index (κ3) is 4.00. The minimum atomic E-state index is -0.978. The Balaban J connectivity index is 2.35. The van der Waals surface area contributed by atoms with Gasteiger partial charge in [0.1, 0.15) is 6.10 Å². The van der Waals surface area contributed by atoms with Gasteiger partial charge in [-0.15, -0.1) is 0 Å². The molecular formula is C12H21NO4. The van der Waals surface area contributed by atoms with Crippen LogP contribution < -0.4 is 0 Å². The van der Waals surface area contributed by atoms with Gasteiger partial charge in [-0.25, -0.2) is 4.79 Å². The first-order valence-electron chi connectivity index (χ1n) is 6.19. The summed E-state index contributed by atoms with van der Waals surface area (Å²) in [4.78, 5) is 24.3. The standard InChI is InChI=1S/C12H21NO4/c1-3-4-5-8-13(2)11(14)9-6-7-10(17-9)12(15)16/h9-10H,3-8H2,1-2H3,(H,15,16). The summed E-state index contributed by atoms with van der Waals surface area (Å²) in [6.07, 6.45) is 2.75. The summed E-state index contributed by atoms with van der Waals surface area (Å²) in [7, 11) is 1.75. The van der Waals surface area contributed by atoms with Crippen molar-refractivity contribution in [3.8, 4) is 0 Å². The van der Waals surface area contributed by atoms with E-state index in [1.165, 1.54) is 0 Å². The van der Waals surface area contributed by atoms with E-state index in [1.54, 1.807) is 11.9 Å². The lowest BCUT2D eigenvalue weighted by Crippen LogP contribution is -2.37. The Morgan fingerprint density at radius 1 is 1.29 bits per heavy atom. The first-order chi connectivity index (χ1) is 8.06. The Morgan fingerprint density at radius 2 is 1.94 bits per heavy atom. The van der Waals surface area contributed by atoms with Crippen molar-refractivity contribution in [2.24, 2.45) is 0 Å². The van der Waals surface area contributed by atoms with Crippen molar-refractivity contribution in [2.75, 3.05) is 13.6 Å². The minimum Gasteiger partial charge on any atom is -0.479 e. The average Bonchev–Trinajstić information content (AvgIpc) is 2.77. The van der Waals surface area contributed by atoms with Crippen LogP contribution in [0, 0.1) is 0 Å². The number of hydrogen-bond acceptors (Lipinski definition) is 3. The van der Waals surface area contributed by atoms with Crippen LogP contribution in [0.2, 0.25) is 0 Å². The Morgan fingerprint density at radius 3 is 2.47 bits per heavy atom. The number of carbonyl (C=O) groups excluding carboxylic acids is 1. The van der Waals surface area contributed by atoms with Crippen LogP contribution in [-0.4, -0.2) is 47.7 Å². The van der Waals surface area contributed by atoms with Crippen molar-refractivity contribution >= 4 is 11.9 Å². The highest BCUT2D eigenvalue weighted by Crippen LogP contribution is 2.21. The van der Waals surface area contributed by atoms with Crippen molar-refractivity contribution in [1.82, 2.24) is 4.90 Å². The smallest absolute Gasteiger partial charge is 0.332 e. The first-order valence-corrected chi connectivity index (χ1v) is 6.19. The molecule has 1 saturated heterocycles. The molecule has 17 heavy (non-hydrogen) atoms. The Bertz CT molecular complexity index is 280. The zero-order valence-corrected chi connectivity index (χ0v) is 10.5. The molecule has 0 spiro atoms. The Hall–Kier alpha value is -1.10. The lowest BCUT2D eigenvalue weighted by molar-refractivity contribution is -0.154. The maximum Gasteiger partial charge on any atom is 0.332 e. The summed E-state index contributed by atoms with van der Waals surface area (Å²) in [5, 5.41) is 8.77. The third-order valence-corrected chi connectivity index (χ3v) is 3.04. The van der Waals surface area contributed by atoms with Gasteiger partial charge < -0.3 is 14.7 Å². The number of carbonyl (C=O) groups is 2. The molecule has 5 nitrogen and oxygen atoms in total. The highest BCUT2D eigenvalue weighted by molar-refractivity contribution is 5.82. The van der Waals surface area contributed by atoms with Crippen LogP contribution in [0.5, 0.6) is 0 Å². The molecule has 1 aliphatic heterocycles. The normalized spacial score (nSPS) is 23.6. The minimum absolute atomic E-state index is 0.0927. The van der Waals surface area contributed by atoms with E-state index in [-0.39, 0.29) is 5.91 Å². The maximum atomic E-state index is 11.9. The second-order valence-electron chi connectivity index (χ2n) is 4.50. The number of carboxylic acids is 1. The highest BCUT2D eigenvalue weighted by atomic mass is 16.5. The number of likely N-dealkylation sites (N-methyl/N-ethyl adjacent to an activating group) is 1.